The van der Waals surface area contributed by atoms with Gasteiger partial charge in [0.25, 0.3) is 0 Å². The molecule has 4 heteroatoms. The molecule has 0 aliphatic carbocycles. The highest BCUT2D eigenvalue weighted by Gasteiger charge is 2.21. The Labute approximate surface area is 127 Å². The molecule has 1 unspecified atom stereocenters. The summed E-state index contributed by atoms with van der Waals surface area (Å²) in [5.41, 5.74) is 7.07. The maximum atomic E-state index is 12.3. The lowest BCUT2D eigenvalue weighted by Crippen LogP contribution is -2.45. The third-order valence-electron chi connectivity index (χ3n) is 4.14. The molecule has 4 nitrogen and oxygen atoms in total. The molecule has 1 amide bonds. The first-order chi connectivity index (χ1) is 10.1. The van der Waals surface area contributed by atoms with Crippen LogP contribution in [0.5, 0.6) is 0 Å². The van der Waals surface area contributed by atoms with Crippen LogP contribution in [0.15, 0.2) is 30.3 Å². The summed E-state index contributed by atoms with van der Waals surface area (Å²) >= 11 is 0. The number of nitrogens with two attached hydrogens (primary N) is 1. The van der Waals surface area contributed by atoms with Crippen molar-refractivity contribution < 1.29 is 4.79 Å². The molecule has 1 atom stereocenters. The number of carbonyl (C=O) groups excluding carboxylic acids is 1. The van der Waals surface area contributed by atoms with Crippen LogP contribution < -0.4 is 11.1 Å². The molecule has 1 saturated heterocycles. The molecule has 116 valence electrons. The smallest absolute Gasteiger partial charge is 0.234 e. The fourth-order valence-corrected chi connectivity index (χ4v) is 2.83. The van der Waals surface area contributed by atoms with Gasteiger partial charge in [0.1, 0.15) is 0 Å². The second kappa shape index (κ2) is 7.57. The van der Waals surface area contributed by atoms with E-state index in [1.54, 1.807) is 0 Å². The van der Waals surface area contributed by atoms with Crippen molar-refractivity contribution in [2.24, 2.45) is 11.7 Å². The molecular weight excluding hydrogens is 262 g/mol. The highest BCUT2D eigenvalue weighted by molar-refractivity contribution is 5.78. The average molecular weight is 289 g/mol. The third kappa shape index (κ3) is 4.83. The minimum absolute atomic E-state index is 0.0748. The molecule has 1 aliphatic heterocycles. The maximum absolute atomic E-state index is 12.3. The number of carbonyl (C=O) groups is 1. The quantitative estimate of drug-likeness (QED) is 0.870. The predicted molar refractivity (Wildman–Crippen MR) is 85.8 cm³/mol. The Balaban J connectivity index is 1.90. The number of hydrogen-bond acceptors (Lipinski definition) is 3. The molecule has 1 aliphatic rings. The first kappa shape index (κ1) is 16.0. The van der Waals surface area contributed by atoms with E-state index in [9.17, 15) is 4.79 Å². The van der Waals surface area contributed by atoms with Gasteiger partial charge in [-0.25, -0.2) is 0 Å². The van der Waals surface area contributed by atoms with Gasteiger partial charge in [-0.3, -0.25) is 9.69 Å². The largest absolute Gasteiger partial charge is 0.348 e. The molecular formula is C17H27N3O. The summed E-state index contributed by atoms with van der Waals surface area (Å²) in [5.74, 6) is 0.471. The minimum atomic E-state index is 0.0748. The Bertz CT molecular complexity index is 439. The lowest BCUT2D eigenvalue weighted by atomic mass is 9.96. The molecule has 0 saturated carbocycles. The van der Waals surface area contributed by atoms with Gasteiger partial charge >= 0.3 is 0 Å². The maximum Gasteiger partial charge on any atom is 0.234 e. The van der Waals surface area contributed by atoms with E-state index in [-0.39, 0.29) is 11.9 Å². The van der Waals surface area contributed by atoms with Crippen LogP contribution in [0.4, 0.5) is 0 Å². The summed E-state index contributed by atoms with van der Waals surface area (Å²) in [7, 11) is 0. The number of nitrogens with one attached hydrogen (secondary N) is 1. The Morgan fingerprint density at radius 3 is 2.48 bits per heavy atom. The number of hydrogen-bond donors (Lipinski definition) is 2. The summed E-state index contributed by atoms with van der Waals surface area (Å²) in [6.45, 7) is 6.59. The van der Waals surface area contributed by atoms with E-state index in [1.165, 1.54) is 5.56 Å². The van der Waals surface area contributed by atoms with Crippen LogP contribution in [0, 0.1) is 5.92 Å². The van der Waals surface area contributed by atoms with Gasteiger partial charge in [0, 0.05) is 19.1 Å². The van der Waals surface area contributed by atoms with Crippen LogP contribution in [0.3, 0.4) is 0 Å². The monoisotopic (exact) mass is 289 g/mol. The highest BCUT2D eigenvalue weighted by atomic mass is 16.2. The molecule has 21 heavy (non-hydrogen) atoms. The van der Waals surface area contributed by atoms with Crippen molar-refractivity contribution in [1.82, 2.24) is 10.2 Å². The number of piperidine rings is 1. The van der Waals surface area contributed by atoms with E-state index in [0.717, 1.165) is 25.9 Å². The minimum Gasteiger partial charge on any atom is -0.348 e. The van der Waals surface area contributed by atoms with E-state index < -0.39 is 0 Å². The van der Waals surface area contributed by atoms with E-state index in [4.69, 9.17) is 5.73 Å². The molecule has 2 rings (SSSR count). The van der Waals surface area contributed by atoms with Gasteiger partial charge in [0.15, 0.2) is 0 Å². The zero-order valence-electron chi connectivity index (χ0n) is 13.1. The molecule has 3 N–H and O–H groups in total. The SMILES string of the molecule is CC(C)C(NC(=O)CN1CCC(N)CC1)c1ccccc1. The highest BCUT2D eigenvalue weighted by Crippen LogP contribution is 2.21. The predicted octanol–water partition coefficient (Wildman–Crippen LogP) is 1.92. The first-order valence-electron chi connectivity index (χ1n) is 7.88. The molecule has 0 spiro atoms. The Morgan fingerprint density at radius 2 is 1.90 bits per heavy atom. The van der Waals surface area contributed by atoms with Crippen molar-refractivity contribution in [3.8, 4) is 0 Å². The molecule has 0 aromatic heterocycles. The summed E-state index contributed by atoms with van der Waals surface area (Å²) in [6.07, 6.45) is 1.97. The number of nitrogens with zero attached hydrogens (tertiary/aromatic N) is 1. The molecule has 1 fully saturated rings. The summed E-state index contributed by atoms with van der Waals surface area (Å²) in [4.78, 5) is 14.5. The van der Waals surface area contributed by atoms with Gasteiger partial charge in [-0.1, -0.05) is 44.2 Å². The van der Waals surface area contributed by atoms with Gasteiger partial charge < -0.3 is 11.1 Å². The Kier molecular flexibility index (Phi) is 5.76. The van der Waals surface area contributed by atoms with E-state index >= 15 is 0 Å². The van der Waals surface area contributed by atoms with Crippen molar-refractivity contribution in [3.05, 3.63) is 35.9 Å². The molecule has 0 bridgehead atoms. The van der Waals surface area contributed by atoms with Gasteiger partial charge in [-0.2, -0.15) is 0 Å². The number of benzene rings is 1. The van der Waals surface area contributed by atoms with Gasteiger partial charge in [-0.05, 0) is 24.3 Å². The number of amides is 1. The fourth-order valence-electron chi connectivity index (χ4n) is 2.83. The molecule has 1 aromatic rings. The number of rotatable bonds is 5. The van der Waals surface area contributed by atoms with Crippen LogP contribution in [-0.4, -0.2) is 36.5 Å². The Morgan fingerprint density at radius 1 is 1.29 bits per heavy atom. The molecule has 1 heterocycles. The summed E-state index contributed by atoms with van der Waals surface area (Å²) in [5, 5.41) is 3.18. The lowest BCUT2D eigenvalue weighted by Gasteiger charge is -2.30. The Hall–Kier alpha value is -1.39. The van der Waals surface area contributed by atoms with Crippen molar-refractivity contribution in [3.63, 3.8) is 0 Å². The van der Waals surface area contributed by atoms with Crippen molar-refractivity contribution >= 4 is 5.91 Å². The van der Waals surface area contributed by atoms with Crippen LogP contribution in [0.1, 0.15) is 38.3 Å². The van der Waals surface area contributed by atoms with Crippen LogP contribution in [0.25, 0.3) is 0 Å². The van der Waals surface area contributed by atoms with Crippen LogP contribution in [-0.2, 0) is 4.79 Å². The van der Waals surface area contributed by atoms with Crippen molar-refractivity contribution in [2.75, 3.05) is 19.6 Å². The molecule has 0 radical (unpaired) electrons. The van der Waals surface area contributed by atoms with Gasteiger partial charge in [-0.15, -0.1) is 0 Å². The summed E-state index contributed by atoms with van der Waals surface area (Å²) in [6, 6.07) is 10.6. The normalized spacial score (nSPS) is 18.7. The average Bonchev–Trinajstić information content (AvgIpc) is 2.48. The second-order valence-corrected chi connectivity index (χ2v) is 6.31. The van der Waals surface area contributed by atoms with Crippen LogP contribution in [0.2, 0.25) is 0 Å². The summed E-state index contributed by atoms with van der Waals surface area (Å²) < 4.78 is 0. The third-order valence-corrected chi connectivity index (χ3v) is 4.14. The van der Waals surface area contributed by atoms with E-state index in [1.807, 2.05) is 18.2 Å². The lowest BCUT2D eigenvalue weighted by molar-refractivity contribution is -0.123. The first-order valence-corrected chi connectivity index (χ1v) is 7.88. The number of likely N-dealkylation sites (tertiary alicyclic amines) is 1. The van der Waals surface area contributed by atoms with Gasteiger partial charge in [0.05, 0.1) is 12.6 Å². The van der Waals surface area contributed by atoms with Crippen molar-refractivity contribution in [2.45, 2.75) is 38.8 Å². The zero-order chi connectivity index (χ0) is 15.2. The fraction of sp³-hybridized carbons (Fsp3) is 0.588. The van der Waals surface area contributed by atoms with E-state index in [0.29, 0.717) is 18.5 Å². The second-order valence-electron chi connectivity index (χ2n) is 6.31. The topological polar surface area (TPSA) is 58.4 Å². The standard InChI is InChI=1S/C17H27N3O/c1-13(2)17(14-6-4-3-5-7-14)19-16(21)12-20-10-8-15(18)9-11-20/h3-7,13,15,17H,8-12,18H2,1-2H3,(H,19,21). The van der Waals surface area contributed by atoms with Crippen LogP contribution >= 0.6 is 0 Å². The van der Waals surface area contributed by atoms with Gasteiger partial charge in [0.2, 0.25) is 5.91 Å². The van der Waals surface area contributed by atoms with E-state index in [2.05, 4.69) is 36.2 Å². The molecule has 1 aromatic carbocycles. The zero-order valence-corrected chi connectivity index (χ0v) is 13.1. The van der Waals surface area contributed by atoms with Crippen molar-refractivity contribution in [1.29, 1.82) is 0 Å².